The number of nitriles is 1. The molecule has 0 bridgehead atoms. The summed E-state index contributed by atoms with van der Waals surface area (Å²) in [6, 6.07) is 0.391. The minimum atomic E-state index is -1.04. The minimum Gasteiger partial charge on any atom is -0.480 e. The Labute approximate surface area is 101 Å². The van der Waals surface area contributed by atoms with Crippen molar-refractivity contribution in [3.05, 3.63) is 0 Å². The molecule has 0 radical (unpaired) electrons. The number of amides is 2. The Hall–Kier alpha value is -1.77. The van der Waals surface area contributed by atoms with Crippen molar-refractivity contribution < 1.29 is 14.7 Å². The van der Waals surface area contributed by atoms with Gasteiger partial charge in [0, 0.05) is 13.1 Å². The fraction of sp³-hybridized carbons (Fsp3) is 0.727. The van der Waals surface area contributed by atoms with E-state index in [0.717, 1.165) is 0 Å². The van der Waals surface area contributed by atoms with Gasteiger partial charge in [0.15, 0.2) is 0 Å². The van der Waals surface area contributed by atoms with Crippen LogP contribution in [0.3, 0.4) is 0 Å². The van der Waals surface area contributed by atoms with Crippen LogP contribution in [0.25, 0.3) is 0 Å². The molecule has 96 valence electrons. The second-order valence-electron chi connectivity index (χ2n) is 3.95. The summed E-state index contributed by atoms with van der Waals surface area (Å²) >= 11 is 0. The van der Waals surface area contributed by atoms with Crippen molar-refractivity contribution in [3.8, 4) is 6.07 Å². The van der Waals surface area contributed by atoms with Gasteiger partial charge in [-0.15, -0.1) is 0 Å². The van der Waals surface area contributed by atoms with E-state index < -0.39 is 18.0 Å². The summed E-state index contributed by atoms with van der Waals surface area (Å²) in [7, 11) is 1.54. The quantitative estimate of drug-likeness (QED) is 0.730. The molecular formula is C11H19N3O3. The van der Waals surface area contributed by atoms with E-state index in [4.69, 9.17) is 10.4 Å². The highest BCUT2D eigenvalue weighted by atomic mass is 16.4. The normalized spacial score (nSPS) is 13.3. The maximum absolute atomic E-state index is 11.7. The highest BCUT2D eigenvalue weighted by Gasteiger charge is 2.22. The number of aliphatic carboxylic acids is 1. The van der Waals surface area contributed by atoms with Crippen LogP contribution in [-0.2, 0) is 4.79 Å². The molecule has 0 aromatic carbocycles. The molecule has 6 heteroatoms. The number of carboxylic acid groups (broad SMARTS) is 1. The molecule has 2 atom stereocenters. The van der Waals surface area contributed by atoms with Crippen LogP contribution in [0, 0.1) is 11.3 Å². The Bertz CT molecular complexity index is 312. The van der Waals surface area contributed by atoms with Crippen molar-refractivity contribution in [1.29, 1.82) is 5.26 Å². The summed E-state index contributed by atoms with van der Waals surface area (Å²) < 4.78 is 0. The van der Waals surface area contributed by atoms with Gasteiger partial charge in [0.05, 0.1) is 12.5 Å². The minimum absolute atomic E-state index is 0.218. The Balaban J connectivity index is 4.40. The van der Waals surface area contributed by atoms with E-state index in [-0.39, 0.29) is 12.5 Å². The van der Waals surface area contributed by atoms with Gasteiger partial charge in [0.2, 0.25) is 0 Å². The third-order valence-corrected chi connectivity index (χ3v) is 2.54. The fourth-order valence-corrected chi connectivity index (χ4v) is 1.27. The van der Waals surface area contributed by atoms with Gasteiger partial charge in [-0.25, -0.2) is 9.59 Å². The number of nitrogens with zero attached hydrogens (tertiary/aromatic N) is 2. The third-order valence-electron chi connectivity index (χ3n) is 2.54. The van der Waals surface area contributed by atoms with E-state index in [2.05, 4.69) is 5.32 Å². The largest absolute Gasteiger partial charge is 0.480 e. The molecule has 0 aliphatic carbocycles. The van der Waals surface area contributed by atoms with Crippen LogP contribution in [-0.4, -0.2) is 41.1 Å². The van der Waals surface area contributed by atoms with Gasteiger partial charge in [-0.2, -0.15) is 5.26 Å². The standard InChI is InChI=1S/C11H19N3O3/c1-4-5-9(10(15)16)13-11(17)14(3)8(2)6-7-12/h8-9H,4-6H2,1-3H3,(H,13,17)(H,15,16)/t8?,9-/m1/s1. The monoisotopic (exact) mass is 241 g/mol. The van der Waals surface area contributed by atoms with Crippen LogP contribution in [0.5, 0.6) is 0 Å². The Morgan fingerprint density at radius 1 is 1.53 bits per heavy atom. The number of rotatable bonds is 6. The van der Waals surface area contributed by atoms with Crippen LogP contribution in [0.4, 0.5) is 4.79 Å². The van der Waals surface area contributed by atoms with Crippen LogP contribution in [0.1, 0.15) is 33.1 Å². The summed E-state index contributed by atoms with van der Waals surface area (Å²) in [6.07, 6.45) is 1.28. The van der Waals surface area contributed by atoms with E-state index in [1.165, 1.54) is 4.90 Å². The van der Waals surface area contributed by atoms with E-state index in [1.807, 2.05) is 13.0 Å². The van der Waals surface area contributed by atoms with Crippen LogP contribution in [0.2, 0.25) is 0 Å². The maximum Gasteiger partial charge on any atom is 0.326 e. The first-order valence-corrected chi connectivity index (χ1v) is 5.57. The van der Waals surface area contributed by atoms with Gasteiger partial charge in [-0.1, -0.05) is 13.3 Å². The molecule has 2 amide bonds. The number of carbonyl (C=O) groups excluding carboxylic acids is 1. The predicted molar refractivity (Wildman–Crippen MR) is 62.3 cm³/mol. The number of urea groups is 1. The fourth-order valence-electron chi connectivity index (χ4n) is 1.27. The van der Waals surface area contributed by atoms with Crippen molar-refractivity contribution in [1.82, 2.24) is 10.2 Å². The number of carboxylic acids is 1. The molecule has 0 aromatic heterocycles. The summed E-state index contributed by atoms with van der Waals surface area (Å²) in [5, 5.41) is 19.8. The lowest BCUT2D eigenvalue weighted by Crippen LogP contribution is -2.49. The van der Waals surface area contributed by atoms with Crippen LogP contribution in [0.15, 0.2) is 0 Å². The first-order chi connectivity index (χ1) is 7.93. The number of hydrogen-bond donors (Lipinski definition) is 2. The lowest BCUT2D eigenvalue weighted by atomic mass is 10.1. The second-order valence-corrected chi connectivity index (χ2v) is 3.95. The van der Waals surface area contributed by atoms with Crippen molar-refractivity contribution in [2.45, 2.75) is 45.2 Å². The highest BCUT2D eigenvalue weighted by molar-refractivity contribution is 5.82. The summed E-state index contributed by atoms with van der Waals surface area (Å²) in [4.78, 5) is 23.9. The van der Waals surface area contributed by atoms with Gasteiger partial charge >= 0.3 is 12.0 Å². The van der Waals surface area contributed by atoms with Crippen molar-refractivity contribution in [2.75, 3.05) is 7.05 Å². The molecular weight excluding hydrogens is 222 g/mol. The van der Waals surface area contributed by atoms with Gasteiger partial charge in [-0.3, -0.25) is 0 Å². The molecule has 2 N–H and O–H groups in total. The van der Waals surface area contributed by atoms with Gasteiger partial charge in [-0.05, 0) is 13.3 Å². The van der Waals surface area contributed by atoms with Gasteiger partial charge < -0.3 is 15.3 Å². The van der Waals surface area contributed by atoms with Crippen molar-refractivity contribution in [2.24, 2.45) is 0 Å². The van der Waals surface area contributed by atoms with Crippen LogP contribution < -0.4 is 5.32 Å². The molecule has 0 heterocycles. The molecule has 0 aliphatic heterocycles. The lowest BCUT2D eigenvalue weighted by molar-refractivity contribution is -0.139. The zero-order chi connectivity index (χ0) is 13.4. The van der Waals surface area contributed by atoms with E-state index in [0.29, 0.717) is 12.8 Å². The zero-order valence-electron chi connectivity index (χ0n) is 10.4. The first-order valence-electron chi connectivity index (χ1n) is 5.57. The molecule has 0 aromatic rings. The third kappa shape index (κ3) is 5.20. The lowest BCUT2D eigenvalue weighted by Gasteiger charge is -2.25. The summed E-state index contributed by atoms with van der Waals surface area (Å²) in [5.74, 6) is -1.04. The smallest absolute Gasteiger partial charge is 0.326 e. The Morgan fingerprint density at radius 2 is 2.12 bits per heavy atom. The Morgan fingerprint density at radius 3 is 2.53 bits per heavy atom. The summed E-state index contributed by atoms with van der Waals surface area (Å²) in [5.41, 5.74) is 0. The highest BCUT2D eigenvalue weighted by Crippen LogP contribution is 2.03. The maximum atomic E-state index is 11.7. The molecule has 0 rings (SSSR count). The average Bonchev–Trinajstić information content (AvgIpc) is 2.27. The molecule has 1 unspecified atom stereocenters. The molecule has 0 spiro atoms. The molecule has 0 saturated carbocycles. The summed E-state index contributed by atoms with van der Waals surface area (Å²) in [6.45, 7) is 3.59. The van der Waals surface area contributed by atoms with Gasteiger partial charge in [0.25, 0.3) is 0 Å². The molecule has 0 aliphatic rings. The number of nitrogens with one attached hydrogen (secondary N) is 1. The van der Waals surface area contributed by atoms with Crippen LogP contribution >= 0.6 is 0 Å². The van der Waals surface area contributed by atoms with E-state index in [1.54, 1.807) is 14.0 Å². The molecule has 17 heavy (non-hydrogen) atoms. The predicted octanol–water partition coefficient (Wildman–Crippen LogP) is 1.18. The SMILES string of the molecule is CCC[C@@H](NC(=O)N(C)C(C)CC#N)C(=O)O. The topological polar surface area (TPSA) is 93.4 Å². The van der Waals surface area contributed by atoms with Crippen molar-refractivity contribution >= 4 is 12.0 Å². The zero-order valence-corrected chi connectivity index (χ0v) is 10.4. The average molecular weight is 241 g/mol. The second kappa shape index (κ2) is 7.49. The van der Waals surface area contributed by atoms with E-state index in [9.17, 15) is 9.59 Å². The molecule has 0 saturated heterocycles. The Kier molecular flexibility index (Phi) is 6.71. The number of hydrogen-bond acceptors (Lipinski definition) is 3. The first kappa shape index (κ1) is 15.2. The van der Waals surface area contributed by atoms with Crippen molar-refractivity contribution in [3.63, 3.8) is 0 Å². The number of carbonyl (C=O) groups is 2. The molecule has 6 nitrogen and oxygen atoms in total. The van der Waals surface area contributed by atoms with E-state index >= 15 is 0 Å². The van der Waals surface area contributed by atoms with Gasteiger partial charge in [0.1, 0.15) is 6.04 Å². The molecule has 0 fully saturated rings.